The largest absolute Gasteiger partial charge is 0.481 e. The smallest absolute Gasteiger partial charge is 0.306 e. The lowest BCUT2D eigenvalue weighted by molar-refractivity contribution is -0.384. The molecule has 1 aromatic carbocycles. The molecule has 0 saturated carbocycles. The van der Waals surface area contributed by atoms with E-state index in [4.69, 9.17) is 16.7 Å². The average molecular weight is 301 g/mol. The zero-order valence-electron chi connectivity index (χ0n) is 11.4. The summed E-state index contributed by atoms with van der Waals surface area (Å²) in [5.74, 6) is -1.18. The first-order chi connectivity index (χ1) is 9.32. The Hall–Kier alpha value is -1.82. The minimum absolute atomic E-state index is 0.0852. The first-order valence-corrected chi connectivity index (χ1v) is 6.62. The van der Waals surface area contributed by atoms with Gasteiger partial charge in [0.25, 0.3) is 5.69 Å². The standard InChI is InChI=1S/C13H17ClN2O4/c1-8(13(17)18)4-3-5-15-11-7-10(14)12(16(19)20)6-9(11)2/h6-8,15H,3-5H2,1-2H3,(H,17,18). The molecule has 0 radical (unpaired) electrons. The normalized spacial score (nSPS) is 11.9. The maximum absolute atomic E-state index is 10.7. The molecule has 2 N–H and O–H groups in total. The fourth-order valence-electron chi connectivity index (χ4n) is 1.75. The van der Waals surface area contributed by atoms with Gasteiger partial charge in [-0.2, -0.15) is 0 Å². The molecule has 0 bridgehead atoms. The molecule has 0 spiro atoms. The Morgan fingerprint density at radius 2 is 2.20 bits per heavy atom. The topological polar surface area (TPSA) is 92.5 Å². The third kappa shape index (κ3) is 4.38. The molecule has 0 aromatic heterocycles. The Balaban J connectivity index is 2.59. The van der Waals surface area contributed by atoms with Crippen molar-refractivity contribution in [2.75, 3.05) is 11.9 Å². The lowest BCUT2D eigenvalue weighted by atomic mass is 10.1. The van der Waals surface area contributed by atoms with E-state index in [1.54, 1.807) is 13.8 Å². The molecule has 1 unspecified atom stereocenters. The number of hydrogen-bond acceptors (Lipinski definition) is 4. The van der Waals surface area contributed by atoms with Crippen molar-refractivity contribution in [3.63, 3.8) is 0 Å². The number of carboxylic acid groups (broad SMARTS) is 1. The highest BCUT2D eigenvalue weighted by molar-refractivity contribution is 6.33. The van der Waals surface area contributed by atoms with Gasteiger partial charge in [0.1, 0.15) is 5.02 Å². The summed E-state index contributed by atoms with van der Waals surface area (Å²) in [6, 6.07) is 2.94. The monoisotopic (exact) mass is 300 g/mol. The summed E-state index contributed by atoms with van der Waals surface area (Å²) >= 11 is 5.84. The fourth-order valence-corrected chi connectivity index (χ4v) is 1.98. The molecule has 1 aromatic rings. The number of aliphatic carboxylic acids is 1. The van der Waals surface area contributed by atoms with Crippen LogP contribution in [0, 0.1) is 23.0 Å². The third-order valence-corrected chi connectivity index (χ3v) is 3.34. The van der Waals surface area contributed by atoms with Crippen LogP contribution in [0.15, 0.2) is 12.1 Å². The van der Waals surface area contributed by atoms with E-state index < -0.39 is 10.9 Å². The van der Waals surface area contributed by atoms with E-state index in [0.29, 0.717) is 19.4 Å². The summed E-state index contributed by atoms with van der Waals surface area (Å²) in [5, 5.41) is 22.7. The third-order valence-electron chi connectivity index (χ3n) is 3.04. The van der Waals surface area contributed by atoms with Crippen LogP contribution in [0.4, 0.5) is 11.4 Å². The number of nitrogens with one attached hydrogen (secondary N) is 1. The maximum atomic E-state index is 10.7. The van der Waals surface area contributed by atoms with Crippen LogP contribution in [0.2, 0.25) is 5.02 Å². The SMILES string of the molecule is Cc1cc([N+](=O)[O-])c(Cl)cc1NCCCC(C)C(=O)O. The Morgan fingerprint density at radius 1 is 1.55 bits per heavy atom. The van der Waals surface area contributed by atoms with Crippen molar-refractivity contribution >= 4 is 28.9 Å². The van der Waals surface area contributed by atoms with Gasteiger partial charge in [-0.3, -0.25) is 14.9 Å². The molecule has 0 amide bonds. The number of rotatable bonds is 7. The first kappa shape index (κ1) is 16.2. The number of hydrogen-bond donors (Lipinski definition) is 2. The second-order valence-corrected chi connectivity index (χ2v) is 5.09. The number of nitro groups is 1. The van der Waals surface area contributed by atoms with Gasteiger partial charge in [-0.15, -0.1) is 0 Å². The number of nitro benzene ring substituents is 1. The van der Waals surface area contributed by atoms with E-state index in [0.717, 1.165) is 11.3 Å². The summed E-state index contributed by atoms with van der Waals surface area (Å²) in [5.41, 5.74) is 1.34. The molecule has 0 aliphatic heterocycles. The van der Waals surface area contributed by atoms with Crippen LogP contribution in [-0.4, -0.2) is 22.5 Å². The summed E-state index contributed by atoms with van der Waals surface area (Å²) in [6.07, 6.45) is 1.27. The Kier molecular flexibility index (Phi) is 5.76. The van der Waals surface area contributed by atoms with E-state index in [-0.39, 0.29) is 16.6 Å². The lowest BCUT2D eigenvalue weighted by Crippen LogP contribution is -2.12. The van der Waals surface area contributed by atoms with Gasteiger partial charge in [0, 0.05) is 18.3 Å². The second kappa shape index (κ2) is 7.09. The van der Waals surface area contributed by atoms with Crippen LogP contribution in [0.25, 0.3) is 0 Å². The van der Waals surface area contributed by atoms with Gasteiger partial charge >= 0.3 is 5.97 Å². The number of carboxylic acids is 1. The van der Waals surface area contributed by atoms with Crippen molar-refractivity contribution in [1.29, 1.82) is 0 Å². The predicted molar refractivity (Wildman–Crippen MR) is 77.4 cm³/mol. The van der Waals surface area contributed by atoms with Gasteiger partial charge in [0.2, 0.25) is 0 Å². The van der Waals surface area contributed by atoms with Gasteiger partial charge in [0.15, 0.2) is 0 Å². The maximum Gasteiger partial charge on any atom is 0.306 e. The zero-order chi connectivity index (χ0) is 15.3. The quantitative estimate of drug-likeness (QED) is 0.457. The van der Waals surface area contributed by atoms with Crippen molar-refractivity contribution in [2.24, 2.45) is 5.92 Å². The molecule has 0 heterocycles. The van der Waals surface area contributed by atoms with E-state index in [9.17, 15) is 14.9 Å². The Labute approximate surface area is 121 Å². The molecule has 6 nitrogen and oxygen atoms in total. The Bertz CT molecular complexity index is 519. The van der Waals surface area contributed by atoms with Crippen LogP contribution in [0.5, 0.6) is 0 Å². The number of halogens is 1. The summed E-state index contributed by atoms with van der Waals surface area (Å²) in [4.78, 5) is 20.9. The summed E-state index contributed by atoms with van der Waals surface area (Å²) < 4.78 is 0. The van der Waals surface area contributed by atoms with E-state index in [1.165, 1.54) is 12.1 Å². The highest BCUT2D eigenvalue weighted by atomic mass is 35.5. The molecule has 1 rings (SSSR count). The molecule has 0 aliphatic carbocycles. The Morgan fingerprint density at radius 3 is 2.75 bits per heavy atom. The zero-order valence-corrected chi connectivity index (χ0v) is 12.1. The average Bonchev–Trinajstić information content (AvgIpc) is 2.37. The first-order valence-electron chi connectivity index (χ1n) is 6.24. The van der Waals surface area contributed by atoms with Crippen molar-refractivity contribution in [2.45, 2.75) is 26.7 Å². The molecule has 1 atom stereocenters. The molecular formula is C13H17ClN2O4. The molecule has 0 aliphatic rings. The van der Waals surface area contributed by atoms with Gasteiger partial charge in [0.05, 0.1) is 10.8 Å². The molecule has 110 valence electrons. The van der Waals surface area contributed by atoms with Crippen molar-refractivity contribution in [3.8, 4) is 0 Å². The molecular weight excluding hydrogens is 284 g/mol. The second-order valence-electron chi connectivity index (χ2n) is 4.68. The number of benzene rings is 1. The minimum atomic E-state index is -0.806. The van der Waals surface area contributed by atoms with Crippen LogP contribution in [-0.2, 0) is 4.79 Å². The number of nitrogens with zero attached hydrogens (tertiary/aromatic N) is 1. The van der Waals surface area contributed by atoms with Crippen molar-refractivity contribution < 1.29 is 14.8 Å². The van der Waals surface area contributed by atoms with Gasteiger partial charge in [-0.05, 0) is 31.4 Å². The fraction of sp³-hybridized carbons (Fsp3) is 0.462. The lowest BCUT2D eigenvalue weighted by Gasteiger charge is -2.11. The number of anilines is 1. The molecule has 7 heteroatoms. The number of carbonyl (C=O) groups is 1. The molecule has 0 saturated heterocycles. The highest BCUT2D eigenvalue weighted by Crippen LogP contribution is 2.30. The van der Waals surface area contributed by atoms with Crippen molar-refractivity contribution in [3.05, 3.63) is 32.8 Å². The van der Waals surface area contributed by atoms with E-state index in [1.807, 2.05) is 0 Å². The minimum Gasteiger partial charge on any atom is -0.481 e. The van der Waals surface area contributed by atoms with Crippen LogP contribution in [0.3, 0.4) is 0 Å². The van der Waals surface area contributed by atoms with Crippen LogP contribution in [0.1, 0.15) is 25.3 Å². The van der Waals surface area contributed by atoms with Gasteiger partial charge in [-0.1, -0.05) is 18.5 Å². The summed E-state index contributed by atoms with van der Waals surface area (Å²) in [6.45, 7) is 4.01. The van der Waals surface area contributed by atoms with Crippen molar-refractivity contribution in [1.82, 2.24) is 0 Å². The van der Waals surface area contributed by atoms with E-state index in [2.05, 4.69) is 5.32 Å². The molecule has 0 fully saturated rings. The predicted octanol–water partition coefficient (Wildman–Crippen LogP) is 3.47. The van der Waals surface area contributed by atoms with E-state index >= 15 is 0 Å². The summed E-state index contributed by atoms with van der Waals surface area (Å²) in [7, 11) is 0. The van der Waals surface area contributed by atoms with Crippen LogP contribution >= 0.6 is 11.6 Å². The van der Waals surface area contributed by atoms with Gasteiger partial charge in [-0.25, -0.2) is 0 Å². The van der Waals surface area contributed by atoms with Gasteiger partial charge < -0.3 is 10.4 Å². The molecule has 20 heavy (non-hydrogen) atoms. The number of aryl methyl sites for hydroxylation is 1. The van der Waals surface area contributed by atoms with Crippen LogP contribution < -0.4 is 5.32 Å². The highest BCUT2D eigenvalue weighted by Gasteiger charge is 2.15.